The zero-order chi connectivity index (χ0) is 10.3. The number of phenols is 1. The molecule has 0 aliphatic carbocycles. The number of hydrogen-bond acceptors (Lipinski definition) is 3. The molecule has 0 saturated heterocycles. The first-order valence-electron chi connectivity index (χ1n) is 3.73. The summed E-state index contributed by atoms with van der Waals surface area (Å²) >= 11 is 0. The zero-order valence-corrected chi connectivity index (χ0v) is 7.40. The van der Waals surface area contributed by atoms with Crippen molar-refractivity contribution in [1.29, 1.82) is 0 Å². The molecule has 0 unspecified atom stereocenters. The summed E-state index contributed by atoms with van der Waals surface area (Å²) in [6.45, 7) is 1.56. The number of carboxylic acids is 1. The lowest BCUT2D eigenvalue weighted by Crippen LogP contribution is -1.94. The Morgan fingerprint density at radius 1 is 1.54 bits per heavy atom. The van der Waals surface area contributed by atoms with E-state index in [0.717, 1.165) is 12.5 Å². The first kappa shape index (κ1) is 11.4. The summed E-state index contributed by atoms with van der Waals surface area (Å²) in [6.07, 6.45) is 0. The summed E-state index contributed by atoms with van der Waals surface area (Å²) in [5, 5.41) is 16.3. The van der Waals surface area contributed by atoms with Crippen LogP contribution in [0.15, 0.2) is 24.3 Å². The molecule has 0 radical (unpaired) electrons. The average molecular weight is 183 g/mol. The number of carboxylic acid groups (broad SMARTS) is 1. The van der Waals surface area contributed by atoms with E-state index < -0.39 is 5.97 Å². The highest BCUT2D eigenvalue weighted by atomic mass is 16.4. The minimum absolute atomic E-state index is 0.276. The molecule has 0 aliphatic rings. The molecule has 0 bridgehead atoms. The van der Waals surface area contributed by atoms with E-state index in [1.165, 1.54) is 0 Å². The van der Waals surface area contributed by atoms with Gasteiger partial charge in [0.15, 0.2) is 0 Å². The number of rotatable bonds is 1. The van der Waals surface area contributed by atoms with Crippen LogP contribution >= 0.6 is 0 Å². The minimum atomic E-state index is -0.833. The van der Waals surface area contributed by atoms with Crippen molar-refractivity contribution in [2.24, 2.45) is 5.73 Å². The van der Waals surface area contributed by atoms with Crippen LogP contribution in [0.5, 0.6) is 5.75 Å². The fraction of sp³-hybridized carbons (Fsp3) is 0.222. The molecule has 0 saturated carbocycles. The maximum Gasteiger partial charge on any atom is 0.300 e. The van der Waals surface area contributed by atoms with Crippen LogP contribution in [0, 0.1) is 0 Å². The van der Waals surface area contributed by atoms with E-state index in [9.17, 15) is 0 Å². The Kier molecular flexibility index (Phi) is 5.30. The molecule has 0 aliphatic heterocycles. The molecule has 4 nitrogen and oxygen atoms in total. The van der Waals surface area contributed by atoms with E-state index in [1.807, 2.05) is 6.07 Å². The lowest BCUT2D eigenvalue weighted by Gasteiger charge is -1.94. The molecule has 0 fully saturated rings. The van der Waals surface area contributed by atoms with Gasteiger partial charge >= 0.3 is 0 Å². The fourth-order valence-corrected chi connectivity index (χ4v) is 0.683. The van der Waals surface area contributed by atoms with Crippen molar-refractivity contribution < 1.29 is 15.0 Å². The maximum atomic E-state index is 9.00. The van der Waals surface area contributed by atoms with Gasteiger partial charge in [-0.25, -0.2) is 0 Å². The van der Waals surface area contributed by atoms with Gasteiger partial charge in [0.05, 0.1) is 0 Å². The first-order valence-corrected chi connectivity index (χ1v) is 3.73. The summed E-state index contributed by atoms with van der Waals surface area (Å²) in [6, 6.07) is 6.93. The minimum Gasteiger partial charge on any atom is -0.508 e. The van der Waals surface area contributed by atoms with E-state index in [2.05, 4.69) is 0 Å². The number of hydrogen-bond donors (Lipinski definition) is 3. The van der Waals surface area contributed by atoms with Crippen molar-refractivity contribution in [1.82, 2.24) is 0 Å². The normalized spacial score (nSPS) is 8.46. The molecule has 4 N–H and O–H groups in total. The smallest absolute Gasteiger partial charge is 0.300 e. The van der Waals surface area contributed by atoms with E-state index in [4.69, 9.17) is 20.7 Å². The topological polar surface area (TPSA) is 83.5 Å². The van der Waals surface area contributed by atoms with Gasteiger partial charge in [0.1, 0.15) is 5.75 Å². The Hall–Kier alpha value is -1.55. The lowest BCUT2D eigenvalue weighted by atomic mass is 10.2. The monoisotopic (exact) mass is 183 g/mol. The quantitative estimate of drug-likeness (QED) is 0.605. The van der Waals surface area contributed by atoms with Gasteiger partial charge in [0.2, 0.25) is 0 Å². The highest BCUT2D eigenvalue weighted by Gasteiger charge is 1.88. The number of benzene rings is 1. The van der Waals surface area contributed by atoms with Gasteiger partial charge in [-0.15, -0.1) is 0 Å². The molecular weight excluding hydrogens is 170 g/mol. The third-order valence-electron chi connectivity index (χ3n) is 1.15. The molecular formula is C9H13NO3. The Morgan fingerprint density at radius 2 is 2.08 bits per heavy atom. The summed E-state index contributed by atoms with van der Waals surface area (Å²) in [4.78, 5) is 9.00. The highest BCUT2D eigenvalue weighted by molar-refractivity contribution is 5.62. The highest BCUT2D eigenvalue weighted by Crippen LogP contribution is 2.09. The van der Waals surface area contributed by atoms with Crippen molar-refractivity contribution in [3.8, 4) is 5.75 Å². The number of aliphatic carboxylic acids is 1. The van der Waals surface area contributed by atoms with Crippen molar-refractivity contribution in [3.05, 3.63) is 29.8 Å². The van der Waals surface area contributed by atoms with Gasteiger partial charge in [-0.1, -0.05) is 12.1 Å². The van der Waals surface area contributed by atoms with Crippen molar-refractivity contribution in [2.45, 2.75) is 13.5 Å². The predicted molar refractivity (Wildman–Crippen MR) is 49.3 cm³/mol. The van der Waals surface area contributed by atoms with Gasteiger partial charge in [-0.05, 0) is 17.7 Å². The van der Waals surface area contributed by atoms with Crippen LogP contribution in [-0.2, 0) is 11.3 Å². The third kappa shape index (κ3) is 6.83. The van der Waals surface area contributed by atoms with Gasteiger partial charge in [-0.3, -0.25) is 4.79 Å². The molecule has 0 amide bonds. The number of nitrogens with two attached hydrogens (primary N) is 1. The summed E-state index contributed by atoms with van der Waals surface area (Å²) in [7, 11) is 0. The van der Waals surface area contributed by atoms with Gasteiger partial charge in [-0.2, -0.15) is 0 Å². The molecule has 0 heterocycles. The van der Waals surface area contributed by atoms with Crippen LogP contribution in [-0.4, -0.2) is 16.2 Å². The largest absolute Gasteiger partial charge is 0.508 e. The van der Waals surface area contributed by atoms with E-state index in [1.54, 1.807) is 18.2 Å². The molecule has 1 aromatic rings. The van der Waals surface area contributed by atoms with Crippen molar-refractivity contribution in [2.75, 3.05) is 0 Å². The Bertz CT molecular complexity index is 269. The second-order valence-corrected chi connectivity index (χ2v) is 2.39. The van der Waals surface area contributed by atoms with Crippen LogP contribution in [0.4, 0.5) is 0 Å². The molecule has 1 aromatic carbocycles. The average Bonchev–Trinajstić information content (AvgIpc) is 2.03. The summed E-state index contributed by atoms with van der Waals surface area (Å²) in [5.74, 6) is -0.557. The fourth-order valence-electron chi connectivity index (χ4n) is 0.683. The van der Waals surface area contributed by atoms with E-state index >= 15 is 0 Å². The molecule has 0 aromatic heterocycles. The number of carbonyl (C=O) groups is 1. The number of phenolic OH excluding ortho intramolecular Hbond substituents is 1. The predicted octanol–water partition coefficient (Wildman–Crippen LogP) is 0.942. The summed E-state index contributed by atoms with van der Waals surface area (Å²) in [5.41, 5.74) is 6.26. The molecule has 0 spiro atoms. The molecule has 13 heavy (non-hydrogen) atoms. The van der Waals surface area contributed by atoms with Gasteiger partial charge < -0.3 is 15.9 Å². The Morgan fingerprint density at radius 3 is 2.38 bits per heavy atom. The molecule has 0 atom stereocenters. The standard InChI is InChI=1S/C7H9NO.C2H4O2/c8-5-6-2-1-3-7(9)4-6;1-2(3)4/h1-4,9H,5,8H2;1H3,(H,3,4). The van der Waals surface area contributed by atoms with Crippen LogP contribution in [0.25, 0.3) is 0 Å². The van der Waals surface area contributed by atoms with E-state index in [0.29, 0.717) is 6.54 Å². The van der Waals surface area contributed by atoms with Crippen LogP contribution in [0.2, 0.25) is 0 Å². The Balaban J connectivity index is 0.000000310. The maximum absolute atomic E-state index is 9.00. The molecule has 72 valence electrons. The molecule has 4 heteroatoms. The van der Waals surface area contributed by atoms with Crippen LogP contribution in [0.1, 0.15) is 12.5 Å². The molecule has 1 rings (SSSR count). The van der Waals surface area contributed by atoms with Gasteiger partial charge in [0, 0.05) is 13.5 Å². The van der Waals surface area contributed by atoms with Crippen LogP contribution < -0.4 is 5.73 Å². The SMILES string of the molecule is CC(=O)O.NCc1cccc(O)c1. The Labute approximate surface area is 76.6 Å². The first-order chi connectivity index (χ1) is 6.06. The third-order valence-corrected chi connectivity index (χ3v) is 1.15. The second kappa shape index (κ2) is 6.02. The zero-order valence-electron chi connectivity index (χ0n) is 7.40. The van der Waals surface area contributed by atoms with Crippen molar-refractivity contribution >= 4 is 5.97 Å². The second-order valence-electron chi connectivity index (χ2n) is 2.39. The lowest BCUT2D eigenvalue weighted by molar-refractivity contribution is -0.134. The van der Waals surface area contributed by atoms with Crippen LogP contribution in [0.3, 0.4) is 0 Å². The summed E-state index contributed by atoms with van der Waals surface area (Å²) < 4.78 is 0. The number of aromatic hydroxyl groups is 1. The van der Waals surface area contributed by atoms with Gasteiger partial charge in [0.25, 0.3) is 5.97 Å². The van der Waals surface area contributed by atoms with E-state index in [-0.39, 0.29) is 5.75 Å². The van der Waals surface area contributed by atoms with Crippen molar-refractivity contribution in [3.63, 3.8) is 0 Å².